The summed E-state index contributed by atoms with van der Waals surface area (Å²) in [5, 5.41) is 2.61. The van der Waals surface area contributed by atoms with Crippen LogP contribution in [-0.2, 0) is 0 Å². The molecule has 1 unspecified atom stereocenters. The zero-order valence-electron chi connectivity index (χ0n) is 16.4. The van der Waals surface area contributed by atoms with Crippen LogP contribution in [0.4, 0.5) is 10.2 Å². The molecule has 152 valence electrons. The fourth-order valence-electron chi connectivity index (χ4n) is 3.18. The minimum absolute atomic E-state index is 0.212. The number of nitrogens with zero attached hydrogens (tertiary/aromatic N) is 2. The van der Waals surface area contributed by atoms with E-state index in [9.17, 15) is 9.18 Å². The molecule has 8 heteroatoms. The summed E-state index contributed by atoms with van der Waals surface area (Å²) in [5.41, 5.74) is 9.08. The molecule has 0 radical (unpaired) electrons. The van der Waals surface area contributed by atoms with Crippen LogP contribution in [0.25, 0.3) is 22.2 Å². The highest BCUT2D eigenvalue weighted by molar-refractivity contribution is 6.04. The van der Waals surface area contributed by atoms with Gasteiger partial charge in [-0.2, -0.15) is 0 Å². The maximum absolute atomic E-state index is 13.6. The molecule has 0 aliphatic carbocycles. The molecule has 0 bridgehead atoms. The van der Waals surface area contributed by atoms with Crippen molar-refractivity contribution in [2.24, 2.45) is 0 Å². The minimum Gasteiger partial charge on any atom is -0.479 e. The first-order valence-corrected chi connectivity index (χ1v) is 9.35. The molecule has 0 saturated heterocycles. The van der Waals surface area contributed by atoms with Crippen LogP contribution in [0.5, 0.6) is 5.75 Å². The van der Waals surface area contributed by atoms with Gasteiger partial charge in [0.05, 0.1) is 11.1 Å². The van der Waals surface area contributed by atoms with Crippen molar-refractivity contribution < 1.29 is 13.9 Å². The Morgan fingerprint density at radius 1 is 1.20 bits per heavy atom. The third-order valence-electron chi connectivity index (χ3n) is 4.73. The summed E-state index contributed by atoms with van der Waals surface area (Å²) in [4.78, 5) is 24.0. The van der Waals surface area contributed by atoms with Gasteiger partial charge in [0.1, 0.15) is 17.2 Å². The molecule has 0 aliphatic heterocycles. The first-order chi connectivity index (χ1) is 14.5. The summed E-state index contributed by atoms with van der Waals surface area (Å²) in [7, 11) is 1.57. The Balaban J connectivity index is 1.65. The van der Waals surface area contributed by atoms with Gasteiger partial charge in [0.15, 0.2) is 17.7 Å². The number of rotatable bonds is 5. The number of amides is 1. The first-order valence-electron chi connectivity index (χ1n) is 9.35. The van der Waals surface area contributed by atoms with E-state index in [1.807, 2.05) is 13.0 Å². The van der Waals surface area contributed by atoms with Gasteiger partial charge < -0.3 is 20.8 Å². The number of para-hydroxylation sites is 1. The van der Waals surface area contributed by atoms with Crippen LogP contribution in [0, 0.1) is 5.82 Å². The number of pyridine rings is 1. The molecule has 2 aromatic heterocycles. The average molecular weight is 405 g/mol. The lowest BCUT2D eigenvalue weighted by atomic mass is 10.1. The van der Waals surface area contributed by atoms with Gasteiger partial charge in [-0.1, -0.05) is 18.2 Å². The molecule has 4 rings (SSSR count). The zero-order chi connectivity index (χ0) is 21.3. The van der Waals surface area contributed by atoms with Crippen molar-refractivity contribution in [1.29, 1.82) is 0 Å². The molecule has 1 atom stereocenters. The van der Waals surface area contributed by atoms with Crippen LogP contribution in [0.15, 0.2) is 54.7 Å². The summed E-state index contributed by atoms with van der Waals surface area (Å²) in [6, 6.07) is 13.2. The minimum atomic E-state index is -0.498. The third-order valence-corrected chi connectivity index (χ3v) is 4.73. The van der Waals surface area contributed by atoms with Crippen molar-refractivity contribution >= 4 is 22.8 Å². The second-order valence-electron chi connectivity index (χ2n) is 6.78. The number of hydrogen-bond donors (Lipinski definition) is 3. The summed E-state index contributed by atoms with van der Waals surface area (Å²) in [6.07, 6.45) is 1.07. The van der Waals surface area contributed by atoms with E-state index in [0.717, 1.165) is 5.52 Å². The number of aromatic amines is 1. The summed E-state index contributed by atoms with van der Waals surface area (Å²) in [6.45, 7) is 1.81. The lowest BCUT2D eigenvalue weighted by molar-refractivity contribution is 0.0964. The van der Waals surface area contributed by atoms with Crippen molar-refractivity contribution in [3.63, 3.8) is 0 Å². The predicted molar refractivity (Wildman–Crippen MR) is 113 cm³/mol. The SMILES string of the molecule is CNC(=O)c1cccc2[nH]c(C(C)Oc3cc(-c4cccc(F)c4)cnc3N)nc12. The van der Waals surface area contributed by atoms with E-state index in [4.69, 9.17) is 10.5 Å². The fourth-order valence-corrected chi connectivity index (χ4v) is 3.18. The number of carbonyl (C=O) groups excluding carboxylic acids is 1. The van der Waals surface area contributed by atoms with Crippen molar-refractivity contribution in [3.8, 4) is 16.9 Å². The van der Waals surface area contributed by atoms with Crippen LogP contribution in [0.1, 0.15) is 29.2 Å². The van der Waals surface area contributed by atoms with Gasteiger partial charge >= 0.3 is 0 Å². The third kappa shape index (κ3) is 3.67. The summed E-state index contributed by atoms with van der Waals surface area (Å²) >= 11 is 0. The Morgan fingerprint density at radius 3 is 2.77 bits per heavy atom. The second-order valence-corrected chi connectivity index (χ2v) is 6.78. The van der Waals surface area contributed by atoms with Gasteiger partial charge in [0.2, 0.25) is 0 Å². The van der Waals surface area contributed by atoms with Crippen molar-refractivity contribution in [1.82, 2.24) is 20.3 Å². The van der Waals surface area contributed by atoms with Crippen LogP contribution >= 0.6 is 0 Å². The largest absolute Gasteiger partial charge is 0.479 e. The lowest BCUT2D eigenvalue weighted by Crippen LogP contribution is -2.18. The Hall–Kier alpha value is -3.94. The van der Waals surface area contributed by atoms with Gasteiger partial charge in [-0.05, 0) is 42.8 Å². The smallest absolute Gasteiger partial charge is 0.253 e. The summed E-state index contributed by atoms with van der Waals surface area (Å²) < 4.78 is 19.6. The Labute approximate surface area is 172 Å². The van der Waals surface area contributed by atoms with E-state index in [2.05, 4.69) is 20.3 Å². The second kappa shape index (κ2) is 7.82. The molecule has 0 saturated carbocycles. The predicted octanol–water partition coefficient (Wildman–Crippen LogP) is 3.85. The van der Waals surface area contributed by atoms with E-state index in [-0.39, 0.29) is 17.5 Å². The number of H-pyrrole nitrogens is 1. The number of benzene rings is 2. The standard InChI is InChI=1S/C22H20FN5O2/c1-12(21-27-17-8-4-7-16(19(17)28-21)22(29)25-2)30-18-10-14(11-26-20(18)24)13-5-3-6-15(23)9-13/h3-12H,1-2H3,(H2,24,26)(H,25,29)(H,27,28). The van der Waals surface area contributed by atoms with Gasteiger partial charge in [0, 0.05) is 18.8 Å². The van der Waals surface area contributed by atoms with Gasteiger partial charge in [0.25, 0.3) is 5.91 Å². The van der Waals surface area contributed by atoms with Crippen LogP contribution in [0.2, 0.25) is 0 Å². The highest BCUT2D eigenvalue weighted by Crippen LogP contribution is 2.31. The number of ether oxygens (including phenoxy) is 1. The topological polar surface area (TPSA) is 106 Å². The Morgan fingerprint density at radius 2 is 2.00 bits per heavy atom. The molecule has 4 N–H and O–H groups in total. The van der Waals surface area contributed by atoms with Gasteiger partial charge in [-0.15, -0.1) is 0 Å². The molecule has 2 aromatic carbocycles. The van der Waals surface area contributed by atoms with Crippen LogP contribution in [-0.4, -0.2) is 27.9 Å². The highest BCUT2D eigenvalue weighted by Gasteiger charge is 2.18. The van der Waals surface area contributed by atoms with Crippen LogP contribution in [0.3, 0.4) is 0 Å². The average Bonchev–Trinajstić information content (AvgIpc) is 3.19. The highest BCUT2D eigenvalue weighted by atomic mass is 19.1. The van der Waals surface area contributed by atoms with Gasteiger partial charge in [-0.3, -0.25) is 4.79 Å². The number of halogens is 1. The number of fused-ring (bicyclic) bond motifs is 1. The van der Waals surface area contributed by atoms with Gasteiger partial charge in [-0.25, -0.2) is 14.4 Å². The number of hydrogen-bond acceptors (Lipinski definition) is 5. The molecule has 7 nitrogen and oxygen atoms in total. The number of carbonyl (C=O) groups is 1. The number of nitrogens with one attached hydrogen (secondary N) is 2. The first kappa shape index (κ1) is 19.4. The van der Waals surface area contributed by atoms with Crippen LogP contribution < -0.4 is 15.8 Å². The molecular weight excluding hydrogens is 385 g/mol. The summed E-state index contributed by atoms with van der Waals surface area (Å²) in [5.74, 6) is 0.551. The quantitative estimate of drug-likeness (QED) is 0.468. The normalized spacial score (nSPS) is 12.0. The molecule has 4 aromatic rings. The van der Waals surface area contributed by atoms with E-state index >= 15 is 0 Å². The molecule has 1 amide bonds. The van der Waals surface area contributed by atoms with Crippen molar-refractivity contribution in [2.45, 2.75) is 13.0 Å². The Kier molecular flexibility index (Phi) is 5.05. The molecule has 30 heavy (non-hydrogen) atoms. The van der Waals surface area contributed by atoms with E-state index in [1.165, 1.54) is 12.1 Å². The number of imidazole rings is 1. The maximum Gasteiger partial charge on any atom is 0.253 e. The monoisotopic (exact) mass is 405 g/mol. The fraction of sp³-hybridized carbons (Fsp3) is 0.136. The lowest BCUT2D eigenvalue weighted by Gasteiger charge is -2.15. The van der Waals surface area contributed by atoms with Crippen molar-refractivity contribution in [3.05, 3.63) is 71.9 Å². The number of anilines is 1. The number of nitrogens with two attached hydrogens (primary N) is 1. The van der Waals surface area contributed by atoms with E-state index in [0.29, 0.717) is 33.8 Å². The maximum atomic E-state index is 13.6. The van der Waals surface area contributed by atoms with E-state index < -0.39 is 6.10 Å². The Bertz CT molecular complexity index is 1240. The molecule has 0 fully saturated rings. The molecule has 2 heterocycles. The van der Waals surface area contributed by atoms with E-state index in [1.54, 1.807) is 43.6 Å². The van der Waals surface area contributed by atoms with Crippen molar-refractivity contribution in [2.75, 3.05) is 12.8 Å². The molecule has 0 spiro atoms. The number of nitrogen functional groups attached to an aromatic ring is 1. The number of aromatic nitrogens is 3. The molecule has 0 aliphatic rings. The molecular formula is C22H20FN5O2. The zero-order valence-corrected chi connectivity index (χ0v) is 16.4.